The molecule has 2 N–H and O–H groups in total. The molecule has 1 aliphatic carbocycles. The summed E-state index contributed by atoms with van der Waals surface area (Å²) in [7, 11) is 3.33. The predicted octanol–water partition coefficient (Wildman–Crippen LogP) is 1.03. The Morgan fingerprint density at radius 1 is 1.36 bits per heavy atom. The number of ether oxygens (including phenoxy) is 2. The van der Waals surface area contributed by atoms with E-state index in [1.54, 1.807) is 31.0 Å². The molecule has 0 saturated heterocycles. The molecule has 0 spiro atoms. The summed E-state index contributed by atoms with van der Waals surface area (Å²) < 4.78 is 12.6. The highest BCUT2D eigenvalue weighted by molar-refractivity contribution is 5.87. The highest BCUT2D eigenvalue weighted by atomic mass is 16.5. The number of anilines is 1. The van der Waals surface area contributed by atoms with Crippen LogP contribution in [-0.2, 0) is 9.47 Å². The van der Waals surface area contributed by atoms with Crippen LogP contribution in [0.1, 0.15) is 23.3 Å². The first kappa shape index (κ1) is 14.7. The summed E-state index contributed by atoms with van der Waals surface area (Å²) in [5.74, 6) is -0.617. The first-order chi connectivity index (χ1) is 10.6. The van der Waals surface area contributed by atoms with Gasteiger partial charge in [-0.3, -0.25) is 4.40 Å². The van der Waals surface area contributed by atoms with Crippen LogP contribution in [0.25, 0.3) is 5.65 Å². The zero-order chi connectivity index (χ0) is 15.7. The molecule has 0 radical (unpaired) electrons. The average Bonchev–Trinajstić information content (AvgIpc) is 3.12. The first-order valence-corrected chi connectivity index (χ1v) is 7.02. The van der Waals surface area contributed by atoms with Crippen molar-refractivity contribution in [1.29, 1.82) is 0 Å². The van der Waals surface area contributed by atoms with E-state index in [0.717, 1.165) is 12.8 Å². The number of imidazole rings is 1. The van der Waals surface area contributed by atoms with Crippen molar-refractivity contribution in [1.82, 2.24) is 14.4 Å². The summed E-state index contributed by atoms with van der Waals surface area (Å²) in [6.45, 7) is 0. The second-order valence-electron chi connectivity index (χ2n) is 5.29. The van der Waals surface area contributed by atoms with Crippen molar-refractivity contribution in [3.05, 3.63) is 24.2 Å². The fraction of sp³-hybridized carbons (Fsp3) is 0.500. The van der Waals surface area contributed by atoms with Gasteiger partial charge in [-0.1, -0.05) is 0 Å². The van der Waals surface area contributed by atoms with E-state index in [4.69, 9.17) is 14.6 Å². The lowest BCUT2D eigenvalue weighted by Crippen LogP contribution is -2.23. The average molecular weight is 306 g/mol. The maximum absolute atomic E-state index is 11.2. The molecule has 1 aliphatic rings. The molecule has 0 aliphatic heterocycles. The lowest BCUT2D eigenvalue weighted by molar-refractivity contribution is -0.0157. The molecule has 0 aromatic carbocycles. The Labute approximate surface area is 127 Å². The SMILES string of the molecule is CO[C@H]1CC(Nc2nc(C(=O)O)cc3nccn23)C[C@H]1OC. The van der Waals surface area contributed by atoms with Crippen molar-refractivity contribution >= 4 is 17.6 Å². The molecule has 3 rings (SSSR count). The van der Waals surface area contributed by atoms with Crippen molar-refractivity contribution in [2.24, 2.45) is 0 Å². The maximum Gasteiger partial charge on any atom is 0.354 e. The van der Waals surface area contributed by atoms with Gasteiger partial charge >= 0.3 is 5.97 Å². The van der Waals surface area contributed by atoms with Gasteiger partial charge in [0.15, 0.2) is 5.69 Å². The first-order valence-electron chi connectivity index (χ1n) is 7.02. The fourth-order valence-electron chi connectivity index (χ4n) is 2.89. The molecule has 1 unspecified atom stereocenters. The Bertz CT molecular complexity index is 675. The van der Waals surface area contributed by atoms with Gasteiger partial charge in [0, 0.05) is 38.7 Å². The van der Waals surface area contributed by atoms with Gasteiger partial charge in [-0.15, -0.1) is 0 Å². The van der Waals surface area contributed by atoms with Gasteiger partial charge in [0.2, 0.25) is 5.95 Å². The second-order valence-corrected chi connectivity index (χ2v) is 5.29. The molecule has 118 valence electrons. The Morgan fingerprint density at radius 2 is 2.05 bits per heavy atom. The standard InChI is InChI=1S/C14H18N4O4/c1-21-10-5-8(6-11(10)22-2)16-14-17-9(13(19)20)7-12-15-3-4-18(12)14/h3-4,7-8,10-11H,5-6H2,1-2H3,(H,16,17)(H,19,20)/t8?,10-,11+. The number of fused-ring (bicyclic) bond motifs is 1. The number of carboxylic acid groups (broad SMARTS) is 1. The van der Waals surface area contributed by atoms with Crippen LogP contribution >= 0.6 is 0 Å². The van der Waals surface area contributed by atoms with Gasteiger partial charge in [-0.05, 0) is 12.8 Å². The van der Waals surface area contributed by atoms with Crippen LogP contribution in [-0.4, -0.2) is 57.9 Å². The summed E-state index contributed by atoms with van der Waals surface area (Å²) in [5, 5.41) is 12.4. The molecule has 8 nitrogen and oxygen atoms in total. The van der Waals surface area contributed by atoms with Gasteiger partial charge < -0.3 is 19.9 Å². The number of methoxy groups -OCH3 is 2. The molecule has 3 atom stereocenters. The van der Waals surface area contributed by atoms with Crippen LogP contribution in [0.3, 0.4) is 0 Å². The molecule has 0 amide bonds. The molecule has 22 heavy (non-hydrogen) atoms. The third kappa shape index (κ3) is 2.62. The Hall–Kier alpha value is -2.19. The summed E-state index contributed by atoms with van der Waals surface area (Å²) in [6.07, 6.45) is 4.92. The van der Waals surface area contributed by atoms with E-state index in [2.05, 4.69) is 15.3 Å². The van der Waals surface area contributed by atoms with E-state index >= 15 is 0 Å². The van der Waals surface area contributed by atoms with Crippen molar-refractivity contribution < 1.29 is 19.4 Å². The molecular formula is C14H18N4O4. The smallest absolute Gasteiger partial charge is 0.354 e. The van der Waals surface area contributed by atoms with E-state index in [-0.39, 0.29) is 23.9 Å². The minimum absolute atomic E-state index is 0.0171. The highest BCUT2D eigenvalue weighted by Crippen LogP contribution is 2.27. The molecule has 2 aromatic heterocycles. The molecule has 1 fully saturated rings. The summed E-state index contributed by atoms with van der Waals surface area (Å²) in [4.78, 5) is 19.5. The number of carboxylic acids is 1. The summed E-state index contributed by atoms with van der Waals surface area (Å²) in [5.41, 5.74) is 0.505. The third-order valence-corrected chi connectivity index (χ3v) is 4.00. The van der Waals surface area contributed by atoms with Crippen LogP contribution in [0.15, 0.2) is 18.5 Å². The molecule has 2 aromatic rings. The highest BCUT2D eigenvalue weighted by Gasteiger charge is 2.35. The van der Waals surface area contributed by atoms with Crippen LogP contribution in [0, 0.1) is 0 Å². The number of rotatable bonds is 5. The predicted molar refractivity (Wildman–Crippen MR) is 78.2 cm³/mol. The molecule has 1 saturated carbocycles. The zero-order valence-corrected chi connectivity index (χ0v) is 12.4. The van der Waals surface area contributed by atoms with E-state index < -0.39 is 5.97 Å². The van der Waals surface area contributed by atoms with E-state index in [1.165, 1.54) is 6.07 Å². The monoisotopic (exact) mass is 306 g/mol. The number of nitrogens with zero attached hydrogens (tertiary/aromatic N) is 3. The summed E-state index contributed by atoms with van der Waals surface area (Å²) >= 11 is 0. The van der Waals surface area contributed by atoms with E-state index in [9.17, 15) is 4.79 Å². The second kappa shape index (κ2) is 5.90. The van der Waals surface area contributed by atoms with Crippen LogP contribution < -0.4 is 5.32 Å². The third-order valence-electron chi connectivity index (χ3n) is 4.00. The van der Waals surface area contributed by atoms with Crippen LogP contribution in [0.2, 0.25) is 0 Å². The quantitative estimate of drug-likeness (QED) is 0.851. The van der Waals surface area contributed by atoms with E-state index in [0.29, 0.717) is 11.6 Å². The van der Waals surface area contributed by atoms with Crippen LogP contribution in [0.4, 0.5) is 5.95 Å². The number of aromatic carboxylic acids is 1. The minimum atomic E-state index is -1.08. The van der Waals surface area contributed by atoms with Gasteiger partial charge in [0.05, 0.1) is 12.2 Å². The number of carbonyl (C=O) groups is 1. The van der Waals surface area contributed by atoms with Gasteiger partial charge in [0.25, 0.3) is 0 Å². The Balaban J connectivity index is 1.87. The lowest BCUT2D eigenvalue weighted by atomic mass is 10.2. The molecular weight excluding hydrogens is 288 g/mol. The molecule has 2 heterocycles. The van der Waals surface area contributed by atoms with E-state index in [1.807, 2.05) is 0 Å². The van der Waals surface area contributed by atoms with Crippen molar-refractivity contribution in [2.75, 3.05) is 19.5 Å². The van der Waals surface area contributed by atoms with Gasteiger partial charge in [0.1, 0.15) is 5.65 Å². The Kier molecular flexibility index (Phi) is 3.95. The normalized spacial score (nSPS) is 24.7. The number of hydrogen-bond acceptors (Lipinski definition) is 6. The van der Waals surface area contributed by atoms with Gasteiger partial charge in [-0.25, -0.2) is 14.8 Å². The molecule has 0 bridgehead atoms. The zero-order valence-electron chi connectivity index (χ0n) is 12.4. The maximum atomic E-state index is 11.2. The van der Waals surface area contributed by atoms with Gasteiger partial charge in [-0.2, -0.15) is 0 Å². The topological polar surface area (TPSA) is 98.0 Å². The van der Waals surface area contributed by atoms with Crippen molar-refractivity contribution in [3.8, 4) is 0 Å². The van der Waals surface area contributed by atoms with Crippen LogP contribution in [0.5, 0.6) is 0 Å². The molecule has 8 heteroatoms. The Morgan fingerprint density at radius 3 is 2.64 bits per heavy atom. The summed E-state index contributed by atoms with van der Waals surface area (Å²) in [6, 6.07) is 1.54. The number of nitrogens with one attached hydrogen (secondary N) is 1. The number of aromatic nitrogens is 3. The fourth-order valence-corrected chi connectivity index (χ4v) is 2.89. The minimum Gasteiger partial charge on any atom is -0.477 e. The van der Waals surface area contributed by atoms with Crippen molar-refractivity contribution in [3.63, 3.8) is 0 Å². The van der Waals surface area contributed by atoms with Crippen molar-refractivity contribution in [2.45, 2.75) is 31.1 Å². The number of hydrogen-bond donors (Lipinski definition) is 2. The lowest BCUT2D eigenvalue weighted by Gasteiger charge is -2.14. The largest absolute Gasteiger partial charge is 0.477 e.